The molecule has 2 N–H and O–H groups in total. The molecule has 3 heteroatoms. The van der Waals surface area contributed by atoms with E-state index in [1.165, 1.54) is 0 Å². The molecule has 2 aromatic rings. The Bertz CT molecular complexity index is 472. The summed E-state index contributed by atoms with van der Waals surface area (Å²) in [5, 5.41) is 3.78. The van der Waals surface area contributed by atoms with Gasteiger partial charge in [-0.3, -0.25) is 0 Å². The minimum Gasteiger partial charge on any atom is -0.394 e. The van der Waals surface area contributed by atoms with Gasteiger partial charge in [0.1, 0.15) is 11.4 Å². The molecular formula is C12H12N2O. The molecule has 76 valence electrons. The molecule has 1 aromatic carbocycles. The average molecular weight is 200 g/mol. The van der Waals surface area contributed by atoms with Crippen molar-refractivity contribution >= 4 is 17.8 Å². The van der Waals surface area contributed by atoms with E-state index in [-0.39, 0.29) is 0 Å². The summed E-state index contributed by atoms with van der Waals surface area (Å²) < 4.78 is 5.05. The Labute approximate surface area is 88.2 Å². The van der Waals surface area contributed by atoms with Gasteiger partial charge in [0.15, 0.2) is 5.76 Å². The molecule has 0 unspecified atom stereocenters. The van der Waals surface area contributed by atoms with Gasteiger partial charge in [-0.2, -0.15) is 0 Å². The third kappa shape index (κ3) is 2.07. The Morgan fingerprint density at radius 1 is 1.20 bits per heavy atom. The number of benzene rings is 1. The normalized spacial score (nSPS) is 11.0. The molecule has 0 fully saturated rings. The number of rotatable bonds is 2. The lowest BCUT2D eigenvalue weighted by atomic mass is 10.2. The third-order valence-electron chi connectivity index (χ3n) is 2.16. The van der Waals surface area contributed by atoms with Gasteiger partial charge >= 0.3 is 0 Å². The van der Waals surface area contributed by atoms with Gasteiger partial charge in [0.25, 0.3) is 0 Å². The SMILES string of the molecule is Cc1noc(/C=C/c2ccccc2)c1N. The molecule has 0 bridgehead atoms. The number of aryl methyl sites for hydroxylation is 1. The Balaban J connectivity index is 2.23. The van der Waals surface area contributed by atoms with E-state index in [0.29, 0.717) is 11.4 Å². The van der Waals surface area contributed by atoms with Crippen LogP contribution in [0.3, 0.4) is 0 Å². The molecule has 3 nitrogen and oxygen atoms in total. The van der Waals surface area contributed by atoms with Gasteiger partial charge in [0.05, 0.1) is 0 Å². The lowest BCUT2D eigenvalue weighted by Gasteiger charge is -1.90. The molecule has 0 atom stereocenters. The van der Waals surface area contributed by atoms with Gasteiger partial charge < -0.3 is 10.3 Å². The number of nitrogens with zero attached hydrogens (tertiary/aromatic N) is 1. The van der Waals surface area contributed by atoms with Gasteiger partial charge in [-0.25, -0.2) is 0 Å². The van der Waals surface area contributed by atoms with Crippen molar-refractivity contribution in [1.29, 1.82) is 0 Å². The maximum Gasteiger partial charge on any atom is 0.182 e. The summed E-state index contributed by atoms with van der Waals surface area (Å²) in [4.78, 5) is 0. The summed E-state index contributed by atoms with van der Waals surface area (Å²) in [6, 6.07) is 9.96. The van der Waals surface area contributed by atoms with Crippen molar-refractivity contribution in [2.24, 2.45) is 0 Å². The molecule has 15 heavy (non-hydrogen) atoms. The van der Waals surface area contributed by atoms with Crippen LogP contribution in [0.2, 0.25) is 0 Å². The zero-order chi connectivity index (χ0) is 10.7. The molecule has 0 aliphatic heterocycles. The largest absolute Gasteiger partial charge is 0.394 e. The van der Waals surface area contributed by atoms with E-state index in [2.05, 4.69) is 5.16 Å². The Kier molecular flexibility index (Phi) is 2.54. The smallest absolute Gasteiger partial charge is 0.182 e. The molecule has 0 aliphatic carbocycles. The fourth-order valence-electron chi connectivity index (χ4n) is 1.25. The second-order valence-electron chi connectivity index (χ2n) is 3.29. The van der Waals surface area contributed by atoms with E-state index in [4.69, 9.17) is 10.3 Å². The molecule has 0 spiro atoms. The fraction of sp³-hybridized carbons (Fsp3) is 0.0833. The fourth-order valence-corrected chi connectivity index (χ4v) is 1.25. The molecule has 0 aliphatic rings. The Morgan fingerprint density at radius 3 is 2.53 bits per heavy atom. The zero-order valence-electron chi connectivity index (χ0n) is 8.47. The molecule has 0 saturated carbocycles. The molecule has 2 rings (SSSR count). The quantitative estimate of drug-likeness (QED) is 0.810. The molecule has 1 heterocycles. The second-order valence-corrected chi connectivity index (χ2v) is 3.29. The first-order chi connectivity index (χ1) is 7.27. The van der Waals surface area contributed by atoms with E-state index in [0.717, 1.165) is 11.3 Å². The number of nitrogens with two attached hydrogens (primary N) is 1. The Hall–Kier alpha value is -2.03. The maximum atomic E-state index is 5.76. The van der Waals surface area contributed by atoms with Crippen LogP contribution < -0.4 is 5.73 Å². The highest BCUT2D eigenvalue weighted by Gasteiger charge is 2.04. The molecule has 0 amide bonds. The maximum absolute atomic E-state index is 5.76. The van der Waals surface area contributed by atoms with Crippen molar-refractivity contribution in [3.05, 3.63) is 47.3 Å². The number of aromatic nitrogens is 1. The molecule has 0 radical (unpaired) electrons. The van der Waals surface area contributed by atoms with Gasteiger partial charge in [-0.05, 0) is 18.6 Å². The summed E-state index contributed by atoms with van der Waals surface area (Å²) in [7, 11) is 0. The van der Waals surface area contributed by atoms with E-state index >= 15 is 0 Å². The van der Waals surface area contributed by atoms with Crippen molar-refractivity contribution in [3.63, 3.8) is 0 Å². The van der Waals surface area contributed by atoms with Crippen molar-refractivity contribution in [2.45, 2.75) is 6.92 Å². The van der Waals surface area contributed by atoms with Gasteiger partial charge in [0.2, 0.25) is 0 Å². The predicted octanol–water partition coefficient (Wildman–Crippen LogP) is 2.74. The van der Waals surface area contributed by atoms with Crippen LogP contribution in [0.25, 0.3) is 12.2 Å². The van der Waals surface area contributed by atoms with Gasteiger partial charge in [0, 0.05) is 0 Å². The van der Waals surface area contributed by atoms with Crippen LogP contribution >= 0.6 is 0 Å². The first kappa shape index (κ1) is 9.52. The van der Waals surface area contributed by atoms with Gasteiger partial charge in [-0.1, -0.05) is 41.6 Å². The highest BCUT2D eigenvalue weighted by atomic mass is 16.5. The third-order valence-corrected chi connectivity index (χ3v) is 2.16. The molecule has 0 saturated heterocycles. The lowest BCUT2D eigenvalue weighted by molar-refractivity contribution is 0.408. The van der Waals surface area contributed by atoms with Crippen LogP contribution in [0.15, 0.2) is 34.9 Å². The highest BCUT2D eigenvalue weighted by molar-refractivity contribution is 5.73. The second kappa shape index (κ2) is 4.00. The topological polar surface area (TPSA) is 52.0 Å². The summed E-state index contributed by atoms with van der Waals surface area (Å²) in [6.07, 6.45) is 3.76. The zero-order valence-corrected chi connectivity index (χ0v) is 8.47. The number of hydrogen-bond acceptors (Lipinski definition) is 3. The van der Waals surface area contributed by atoms with Crippen LogP contribution in [-0.4, -0.2) is 5.16 Å². The van der Waals surface area contributed by atoms with Crippen LogP contribution in [-0.2, 0) is 0 Å². The standard InChI is InChI=1S/C12H12N2O/c1-9-12(13)11(15-14-9)8-7-10-5-3-2-4-6-10/h2-8H,13H2,1H3/b8-7+. The van der Waals surface area contributed by atoms with Crippen molar-refractivity contribution in [3.8, 4) is 0 Å². The first-order valence-electron chi connectivity index (χ1n) is 4.72. The van der Waals surface area contributed by atoms with Crippen LogP contribution in [0.5, 0.6) is 0 Å². The van der Waals surface area contributed by atoms with E-state index in [1.54, 1.807) is 0 Å². The molecular weight excluding hydrogens is 188 g/mol. The highest BCUT2D eigenvalue weighted by Crippen LogP contribution is 2.18. The summed E-state index contributed by atoms with van der Waals surface area (Å²) >= 11 is 0. The minimum absolute atomic E-state index is 0.599. The molecule has 1 aromatic heterocycles. The summed E-state index contributed by atoms with van der Waals surface area (Å²) in [6.45, 7) is 1.82. The van der Waals surface area contributed by atoms with Gasteiger partial charge in [-0.15, -0.1) is 0 Å². The van der Waals surface area contributed by atoms with Crippen LogP contribution in [0.4, 0.5) is 5.69 Å². The van der Waals surface area contributed by atoms with Crippen molar-refractivity contribution in [2.75, 3.05) is 5.73 Å². The minimum atomic E-state index is 0.599. The number of anilines is 1. The number of hydrogen-bond donors (Lipinski definition) is 1. The monoisotopic (exact) mass is 200 g/mol. The summed E-state index contributed by atoms with van der Waals surface area (Å²) in [5.74, 6) is 0.608. The van der Waals surface area contributed by atoms with Crippen LogP contribution in [0, 0.1) is 6.92 Å². The van der Waals surface area contributed by atoms with E-state index in [1.807, 2.05) is 49.4 Å². The first-order valence-corrected chi connectivity index (χ1v) is 4.72. The van der Waals surface area contributed by atoms with E-state index < -0.39 is 0 Å². The van der Waals surface area contributed by atoms with E-state index in [9.17, 15) is 0 Å². The van der Waals surface area contributed by atoms with Crippen molar-refractivity contribution < 1.29 is 4.52 Å². The summed E-state index contributed by atoms with van der Waals surface area (Å²) in [5.41, 5.74) is 8.19. The number of nitrogen functional groups attached to an aromatic ring is 1. The lowest BCUT2D eigenvalue weighted by Crippen LogP contribution is -1.86. The van der Waals surface area contributed by atoms with Crippen molar-refractivity contribution in [1.82, 2.24) is 5.16 Å². The average Bonchev–Trinajstić information content (AvgIpc) is 2.59. The van der Waals surface area contributed by atoms with Crippen LogP contribution in [0.1, 0.15) is 17.0 Å². The Morgan fingerprint density at radius 2 is 1.93 bits per heavy atom. The predicted molar refractivity (Wildman–Crippen MR) is 61.0 cm³/mol.